The standard InChI is InChI=1S/C6H14N2O2/c1-2-4(7)3-5(8)6(9)10/h4-5H,2-3,7-8H2,1H3,(H,9,10)/t4?,5-/m0/s1. The second kappa shape index (κ2) is 4.24. The fourth-order valence-electron chi connectivity index (χ4n) is 0.594. The fourth-order valence-corrected chi connectivity index (χ4v) is 0.594. The molecule has 0 bridgehead atoms. The molecule has 0 saturated carbocycles. The van der Waals surface area contributed by atoms with Gasteiger partial charge in [-0.1, -0.05) is 6.92 Å². The summed E-state index contributed by atoms with van der Waals surface area (Å²) in [4.78, 5) is 10.2. The predicted octanol–water partition coefficient (Wildman–Crippen LogP) is -0.474. The third-order valence-corrected chi connectivity index (χ3v) is 1.40. The van der Waals surface area contributed by atoms with Crippen molar-refractivity contribution in [3.63, 3.8) is 0 Å². The zero-order chi connectivity index (χ0) is 8.15. The van der Waals surface area contributed by atoms with Gasteiger partial charge in [-0.05, 0) is 12.8 Å². The van der Waals surface area contributed by atoms with Crippen molar-refractivity contribution in [1.82, 2.24) is 0 Å². The van der Waals surface area contributed by atoms with Crippen molar-refractivity contribution in [3.8, 4) is 0 Å². The summed E-state index contributed by atoms with van der Waals surface area (Å²) in [5.74, 6) is -0.982. The summed E-state index contributed by atoms with van der Waals surface area (Å²) in [6.07, 6.45) is 1.12. The van der Waals surface area contributed by atoms with Gasteiger partial charge < -0.3 is 16.6 Å². The van der Waals surface area contributed by atoms with E-state index in [0.717, 1.165) is 6.42 Å². The van der Waals surface area contributed by atoms with Crippen LogP contribution < -0.4 is 11.5 Å². The molecule has 1 unspecified atom stereocenters. The third kappa shape index (κ3) is 3.42. The molecule has 0 radical (unpaired) electrons. The van der Waals surface area contributed by atoms with Crippen molar-refractivity contribution in [3.05, 3.63) is 0 Å². The Morgan fingerprint density at radius 3 is 2.40 bits per heavy atom. The molecule has 0 aliphatic heterocycles. The van der Waals surface area contributed by atoms with E-state index in [1.165, 1.54) is 0 Å². The van der Waals surface area contributed by atoms with Crippen LogP contribution in [0.15, 0.2) is 0 Å². The number of carboxylic acids is 1. The summed E-state index contributed by atoms with van der Waals surface area (Å²) in [6.45, 7) is 1.90. The molecule has 0 aliphatic carbocycles. The Labute approximate surface area is 60.2 Å². The maximum Gasteiger partial charge on any atom is 0.320 e. The van der Waals surface area contributed by atoms with Crippen LogP contribution in [-0.2, 0) is 4.79 Å². The smallest absolute Gasteiger partial charge is 0.320 e. The van der Waals surface area contributed by atoms with Crippen LogP contribution in [0.1, 0.15) is 19.8 Å². The minimum Gasteiger partial charge on any atom is -0.480 e. The average molecular weight is 146 g/mol. The van der Waals surface area contributed by atoms with Gasteiger partial charge in [0, 0.05) is 6.04 Å². The van der Waals surface area contributed by atoms with Gasteiger partial charge in [0.2, 0.25) is 0 Å². The van der Waals surface area contributed by atoms with E-state index in [0.29, 0.717) is 6.42 Å². The monoisotopic (exact) mass is 146 g/mol. The molecular formula is C6H14N2O2. The first-order chi connectivity index (χ1) is 4.57. The number of nitrogens with two attached hydrogens (primary N) is 2. The molecule has 2 atom stereocenters. The normalized spacial score (nSPS) is 16.3. The molecule has 0 fully saturated rings. The van der Waals surface area contributed by atoms with Crippen molar-refractivity contribution >= 4 is 5.97 Å². The highest BCUT2D eigenvalue weighted by Crippen LogP contribution is 1.96. The number of rotatable bonds is 4. The van der Waals surface area contributed by atoms with Gasteiger partial charge in [0.05, 0.1) is 0 Å². The van der Waals surface area contributed by atoms with Crippen molar-refractivity contribution in [1.29, 1.82) is 0 Å². The number of carbonyl (C=O) groups is 1. The highest BCUT2D eigenvalue weighted by atomic mass is 16.4. The fraction of sp³-hybridized carbons (Fsp3) is 0.833. The Morgan fingerprint density at radius 2 is 2.10 bits per heavy atom. The third-order valence-electron chi connectivity index (χ3n) is 1.40. The van der Waals surface area contributed by atoms with Crippen molar-refractivity contribution in [2.24, 2.45) is 11.5 Å². The van der Waals surface area contributed by atoms with E-state index >= 15 is 0 Å². The quantitative estimate of drug-likeness (QED) is 0.500. The molecule has 60 valence electrons. The molecule has 5 N–H and O–H groups in total. The lowest BCUT2D eigenvalue weighted by molar-refractivity contribution is -0.138. The molecular weight excluding hydrogens is 132 g/mol. The maximum absolute atomic E-state index is 10.2. The lowest BCUT2D eigenvalue weighted by atomic mass is 10.1. The molecule has 0 saturated heterocycles. The summed E-state index contributed by atoms with van der Waals surface area (Å²) < 4.78 is 0. The van der Waals surface area contributed by atoms with Crippen molar-refractivity contribution < 1.29 is 9.90 Å². The highest BCUT2D eigenvalue weighted by molar-refractivity contribution is 5.73. The molecule has 0 aromatic rings. The molecule has 4 heteroatoms. The summed E-state index contributed by atoms with van der Waals surface area (Å²) in [5, 5.41) is 8.35. The van der Waals surface area contributed by atoms with Crippen molar-refractivity contribution in [2.45, 2.75) is 31.8 Å². The summed E-state index contributed by atoms with van der Waals surface area (Å²) in [5.41, 5.74) is 10.7. The Kier molecular flexibility index (Phi) is 3.99. The first-order valence-electron chi connectivity index (χ1n) is 3.31. The SMILES string of the molecule is CCC(N)C[C@H](N)C(=O)O. The van der Waals surface area contributed by atoms with Gasteiger partial charge in [0.1, 0.15) is 6.04 Å². The molecule has 0 heterocycles. The maximum atomic E-state index is 10.2. The van der Waals surface area contributed by atoms with E-state index in [1.54, 1.807) is 0 Å². The summed E-state index contributed by atoms with van der Waals surface area (Å²) in [6, 6.07) is -0.902. The second-order valence-electron chi connectivity index (χ2n) is 2.35. The van der Waals surface area contributed by atoms with Gasteiger partial charge >= 0.3 is 5.97 Å². The Hall–Kier alpha value is -0.610. The number of hydrogen-bond acceptors (Lipinski definition) is 3. The molecule has 0 aromatic carbocycles. The summed E-state index contributed by atoms with van der Waals surface area (Å²) in [7, 11) is 0. The summed E-state index contributed by atoms with van der Waals surface area (Å²) >= 11 is 0. The van der Waals surface area contributed by atoms with Crippen LogP contribution in [0.5, 0.6) is 0 Å². The second-order valence-corrected chi connectivity index (χ2v) is 2.35. The van der Waals surface area contributed by atoms with E-state index in [2.05, 4.69) is 0 Å². The number of aliphatic carboxylic acids is 1. The van der Waals surface area contributed by atoms with E-state index in [-0.39, 0.29) is 6.04 Å². The first-order valence-corrected chi connectivity index (χ1v) is 3.31. The lowest BCUT2D eigenvalue weighted by Crippen LogP contribution is -2.36. The Bertz CT molecular complexity index is 116. The lowest BCUT2D eigenvalue weighted by Gasteiger charge is -2.10. The van der Waals surface area contributed by atoms with Crippen LogP contribution in [0, 0.1) is 0 Å². The number of hydrogen-bond donors (Lipinski definition) is 3. The molecule has 0 amide bonds. The van der Waals surface area contributed by atoms with Crippen LogP contribution in [0.4, 0.5) is 0 Å². The zero-order valence-electron chi connectivity index (χ0n) is 6.08. The topological polar surface area (TPSA) is 89.3 Å². The van der Waals surface area contributed by atoms with Gasteiger partial charge in [0.25, 0.3) is 0 Å². The minimum atomic E-state index is -0.982. The van der Waals surface area contributed by atoms with Crippen LogP contribution in [0.25, 0.3) is 0 Å². The largest absolute Gasteiger partial charge is 0.480 e. The van der Waals surface area contributed by atoms with E-state index in [1.807, 2.05) is 6.92 Å². The van der Waals surface area contributed by atoms with Gasteiger partial charge in [-0.2, -0.15) is 0 Å². The van der Waals surface area contributed by atoms with E-state index in [4.69, 9.17) is 16.6 Å². The van der Waals surface area contributed by atoms with Crippen LogP contribution in [-0.4, -0.2) is 23.2 Å². The van der Waals surface area contributed by atoms with Gasteiger partial charge in [-0.15, -0.1) is 0 Å². The Balaban J connectivity index is 3.56. The van der Waals surface area contributed by atoms with Crippen LogP contribution >= 0.6 is 0 Å². The molecule has 0 spiro atoms. The first kappa shape index (κ1) is 9.39. The van der Waals surface area contributed by atoms with E-state index in [9.17, 15) is 4.79 Å². The van der Waals surface area contributed by atoms with E-state index < -0.39 is 12.0 Å². The van der Waals surface area contributed by atoms with Gasteiger partial charge in [-0.3, -0.25) is 4.79 Å². The molecule has 4 nitrogen and oxygen atoms in total. The minimum absolute atomic E-state index is 0.0916. The van der Waals surface area contributed by atoms with Gasteiger partial charge in [-0.25, -0.2) is 0 Å². The highest BCUT2D eigenvalue weighted by Gasteiger charge is 2.13. The predicted molar refractivity (Wildman–Crippen MR) is 38.5 cm³/mol. The average Bonchev–Trinajstić information content (AvgIpc) is 1.87. The van der Waals surface area contributed by atoms with Gasteiger partial charge in [0.15, 0.2) is 0 Å². The molecule has 0 aliphatic rings. The molecule has 0 aromatic heterocycles. The Morgan fingerprint density at radius 1 is 1.60 bits per heavy atom. The molecule has 0 rings (SSSR count). The number of carboxylic acid groups (broad SMARTS) is 1. The van der Waals surface area contributed by atoms with Crippen LogP contribution in [0.2, 0.25) is 0 Å². The zero-order valence-corrected chi connectivity index (χ0v) is 6.08. The molecule has 10 heavy (non-hydrogen) atoms. The van der Waals surface area contributed by atoms with Crippen molar-refractivity contribution in [2.75, 3.05) is 0 Å². The van der Waals surface area contributed by atoms with Crippen LogP contribution in [0.3, 0.4) is 0 Å².